The average Bonchev–Trinajstić information content (AvgIpc) is 2.52. The number of nitrogens with one attached hydrogen (secondary N) is 1. The highest BCUT2D eigenvalue weighted by Gasteiger charge is 2.14. The first kappa shape index (κ1) is 16.9. The normalized spacial score (nSPS) is 15.8. The van der Waals surface area contributed by atoms with Gasteiger partial charge in [-0.15, -0.1) is 0 Å². The largest absolute Gasteiger partial charge is 0.476 e. The number of aryl methyl sites for hydroxylation is 1. The fourth-order valence-electron chi connectivity index (χ4n) is 2.01. The molecule has 0 atom stereocenters. The highest BCUT2D eigenvalue weighted by Crippen LogP contribution is 2.18. The van der Waals surface area contributed by atoms with Crippen LogP contribution in [0.25, 0.3) is 0 Å². The predicted molar refractivity (Wildman–Crippen MR) is 82.8 cm³/mol. The van der Waals surface area contributed by atoms with E-state index in [2.05, 4.69) is 19.6 Å². The summed E-state index contributed by atoms with van der Waals surface area (Å²) in [6.45, 7) is 6.75. The zero-order valence-electron chi connectivity index (χ0n) is 12.9. The molecule has 0 amide bonds. The van der Waals surface area contributed by atoms with Crippen molar-refractivity contribution in [2.45, 2.75) is 13.8 Å². The summed E-state index contributed by atoms with van der Waals surface area (Å²) >= 11 is 0. The zero-order valence-corrected chi connectivity index (χ0v) is 13.7. The Morgan fingerprint density at radius 3 is 2.77 bits per heavy atom. The first-order valence-corrected chi connectivity index (χ1v) is 8.94. The van der Waals surface area contributed by atoms with E-state index >= 15 is 0 Å². The maximum atomic E-state index is 11.3. The molecule has 0 aromatic carbocycles. The Morgan fingerprint density at radius 1 is 1.36 bits per heavy atom. The van der Waals surface area contributed by atoms with E-state index in [-0.39, 0.29) is 18.9 Å². The molecule has 0 spiro atoms. The van der Waals surface area contributed by atoms with Crippen LogP contribution in [0, 0.1) is 6.92 Å². The van der Waals surface area contributed by atoms with Crippen molar-refractivity contribution in [1.29, 1.82) is 0 Å². The molecule has 1 aromatic rings. The molecule has 0 radical (unpaired) electrons. The number of rotatable bonds is 7. The highest BCUT2D eigenvalue weighted by atomic mass is 32.2. The average molecular weight is 330 g/mol. The van der Waals surface area contributed by atoms with Crippen molar-refractivity contribution in [3.05, 3.63) is 11.9 Å². The molecule has 1 aromatic heterocycles. The third kappa shape index (κ3) is 5.08. The lowest BCUT2D eigenvalue weighted by atomic mass is 10.4. The smallest absolute Gasteiger partial charge is 0.218 e. The van der Waals surface area contributed by atoms with Crippen LogP contribution in [-0.4, -0.2) is 63.6 Å². The van der Waals surface area contributed by atoms with Gasteiger partial charge in [-0.25, -0.2) is 18.1 Å². The van der Waals surface area contributed by atoms with E-state index in [0.717, 1.165) is 18.9 Å². The van der Waals surface area contributed by atoms with Crippen LogP contribution in [0.5, 0.6) is 5.88 Å². The minimum Gasteiger partial charge on any atom is -0.476 e. The van der Waals surface area contributed by atoms with Crippen LogP contribution in [0.2, 0.25) is 0 Å². The number of anilines is 1. The Hall–Kier alpha value is -1.45. The van der Waals surface area contributed by atoms with E-state index in [0.29, 0.717) is 24.9 Å². The molecule has 9 heteroatoms. The SMILES string of the molecule is CCS(=O)(=O)NCCOc1cc(N2CCOCC2)nc(C)n1. The van der Waals surface area contributed by atoms with Crippen molar-refractivity contribution < 1.29 is 17.9 Å². The van der Waals surface area contributed by atoms with Gasteiger partial charge in [-0.05, 0) is 13.8 Å². The van der Waals surface area contributed by atoms with Crippen molar-refractivity contribution in [2.24, 2.45) is 0 Å². The van der Waals surface area contributed by atoms with Gasteiger partial charge < -0.3 is 14.4 Å². The predicted octanol–water partition coefficient (Wildman–Crippen LogP) is -0.0603. The standard InChI is InChI=1S/C13H22N4O4S/c1-3-22(18,19)14-4-7-21-13-10-12(15-11(2)16-13)17-5-8-20-9-6-17/h10,14H,3-9H2,1-2H3. The summed E-state index contributed by atoms with van der Waals surface area (Å²) in [4.78, 5) is 10.7. The van der Waals surface area contributed by atoms with Gasteiger partial charge in [0.2, 0.25) is 15.9 Å². The van der Waals surface area contributed by atoms with E-state index in [9.17, 15) is 8.42 Å². The van der Waals surface area contributed by atoms with Crippen LogP contribution in [0.4, 0.5) is 5.82 Å². The molecule has 2 heterocycles. The highest BCUT2D eigenvalue weighted by molar-refractivity contribution is 7.89. The molecule has 2 rings (SSSR count). The van der Waals surface area contributed by atoms with Crippen molar-refractivity contribution in [1.82, 2.24) is 14.7 Å². The van der Waals surface area contributed by atoms with Gasteiger partial charge in [-0.1, -0.05) is 0 Å². The molecule has 0 bridgehead atoms. The quantitative estimate of drug-likeness (QED) is 0.700. The molecule has 0 aliphatic carbocycles. The lowest BCUT2D eigenvalue weighted by Gasteiger charge is -2.28. The summed E-state index contributed by atoms with van der Waals surface area (Å²) in [5.74, 6) is 1.93. The molecule has 1 aliphatic rings. The minimum atomic E-state index is -3.19. The first-order valence-electron chi connectivity index (χ1n) is 7.28. The van der Waals surface area contributed by atoms with E-state index < -0.39 is 10.0 Å². The van der Waals surface area contributed by atoms with Crippen LogP contribution >= 0.6 is 0 Å². The molecule has 22 heavy (non-hydrogen) atoms. The first-order chi connectivity index (χ1) is 10.5. The number of hydrogen-bond acceptors (Lipinski definition) is 7. The summed E-state index contributed by atoms with van der Waals surface area (Å²) in [6.07, 6.45) is 0. The summed E-state index contributed by atoms with van der Waals surface area (Å²) in [7, 11) is -3.19. The topological polar surface area (TPSA) is 93.7 Å². The number of aromatic nitrogens is 2. The molecule has 124 valence electrons. The Balaban J connectivity index is 1.92. The van der Waals surface area contributed by atoms with Crippen molar-refractivity contribution in [3.63, 3.8) is 0 Å². The van der Waals surface area contributed by atoms with Crippen LogP contribution in [-0.2, 0) is 14.8 Å². The number of ether oxygens (including phenoxy) is 2. The Labute approximate surface area is 130 Å². The summed E-state index contributed by atoms with van der Waals surface area (Å²) in [6, 6.07) is 1.77. The molecular weight excluding hydrogens is 308 g/mol. The molecule has 1 fully saturated rings. The van der Waals surface area contributed by atoms with Crippen molar-refractivity contribution in [3.8, 4) is 5.88 Å². The molecule has 0 saturated carbocycles. The van der Waals surface area contributed by atoms with Gasteiger partial charge in [0.25, 0.3) is 0 Å². The lowest BCUT2D eigenvalue weighted by Crippen LogP contribution is -2.37. The van der Waals surface area contributed by atoms with Crippen LogP contribution in [0.3, 0.4) is 0 Å². The van der Waals surface area contributed by atoms with Crippen LogP contribution in [0.15, 0.2) is 6.07 Å². The Morgan fingerprint density at radius 2 is 2.09 bits per heavy atom. The fraction of sp³-hybridized carbons (Fsp3) is 0.692. The summed E-state index contributed by atoms with van der Waals surface area (Å²) < 4.78 is 35.9. The van der Waals surface area contributed by atoms with Gasteiger partial charge in [-0.2, -0.15) is 4.98 Å². The molecule has 0 unspecified atom stereocenters. The maximum Gasteiger partial charge on any atom is 0.218 e. The number of morpholine rings is 1. The zero-order chi connectivity index (χ0) is 16.0. The van der Waals surface area contributed by atoms with Crippen LogP contribution in [0.1, 0.15) is 12.7 Å². The van der Waals surface area contributed by atoms with Gasteiger partial charge in [0.05, 0.1) is 19.0 Å². The van der Waals surface area contributed by atoms with Crippen molar-refractivity contribution >= 4 is 15.8 Å². The molecule has 1 N–H and O–H groups in total. The number of nitrogens with zero attached hydrogens (tertiary/aromatic N) is 3. The third-order valence-corrected chi connectivity index (χ3v) is 4.59. The summed E-state index contributed by atoms with van der Waals surface area (Å²) in [5, 5.41) is 0. The van der Waals surface area contributed by atoms with Gasteiger partial charge in [0.15, 0.2) is 0 Å². The van der Waals surface area contributed by atoms with Gasteiger partial charge in [-0.3, -0.25) is 0 Å². The number of hydrogen-bond donors (Lipinski definition) is 1. The second kappa shape index (κ2) is 7.70. The third-order valence-electron chi connectivity index (χ3n) is 3.19. The van der Waals surface area contributed by atoms with Gasteiger partial charge in [0, 0.05) is 25.7 Å². The Kier molecular flexibility index (Phi) is 5.92. The second-order valence-corrected chi connectivity index (χ2v) is 6.95. The molecular formula is C13H22N4O4S. The monoisotopic (exact) mass is 330 g/mol. The van der Waals surface area contributed by atoms with Gasteiger partial charge in [0.1, 0.15) is 18.2 Å². The molecule has 1 saturated heterocycles. The van der Waals surface area contributed by atoms with E-state index in [4.69, 9.17) is 9.47 Å². The Bertz CT molecular complexity index is 588. The molecule has 1 aliphatic heterocycles. The van der Waals surface area contributed by atoms with Crippen molar-refractivity contribution in [2.75, 3.05) is 50.1 Å². The maximum absolute atomic E-state index is 11.3. The minimum absolute atomic E-state index is 0.0563. The summed E-state index contributed by atoms with van der Waals surface area (Å²) in [5.41, 5.74) is 0. The molecule has 8 nitrogen and oxygen atoms in total. The number of sulfonamides is 1. The van der Waals surface area contributed by atoms with Crippen LogP contribution < -0.4 is 14.4 Å². The van der Waals surface area contributed by atoms with E-state index in [1.165, 1.54) is 0 Å². The van der Waals surface area contributed by atoms with Gasteiger partial charge >= 0.3 is 0 Å². The fourth-order valence-corrected chi connectivity index (χ4v) is 2.61. The van der Waals surface area contributed by atoms with E-state index in [1.54, 1.807) is 19.9 Å². The second-order valence-electron chi connectivity index (χ2n) is 4.86. The van der Waals surface area contributed by atoms with E-state index in [1.807, 2.05) is 0 Å². The lowest BCUT2D eigenvalue weighted by molar-refractivity contribution is 0.122.